The van der Waals surface area contributed by atoms with Crippen LogP contribution in [0.15, 0.2) is 27.3 Å². The number of hydrogen-bond acceptors (Lipinski definition) is 5. The maximum Gasteiger partial charge on any atom is 0.230 e. The molecule has 0 aliphatic heterocycles. The van der Waals surface area contributed by atoms with Crippen LogP contribution in [0.2, 0.25) is 0 Å². The summed E-state index contributed by atoms with van der Waals surface area (Å²) in [5.41, 5.74) is 6.58. The van der Waals surface area contributed by atoms with Crippen LogP contribution >= 0.6 is 15.9 Å². The Labute approximate surface area is 126 Å². The predicted molar refractivity (Wildman–Crippen MR) is 79.0 cm³/mol. The van der Waals surface area contributed by atoms with Gasteiger partial charge < -0.3 is 10.3 Å². The van der Waals surface area contributed by atoms with Gasteiger partial charge in [0.2, 0.25) is 11.7 Å². The number of pyridine rings is 1. The molecule has 20 heavy (non-hydrogen) atoms. The zero-order chi connectivity index (χ0) is 13.9. The minimum atomic E-state index is 0.297. The van der Waals surface area contributed by atoms with E-state index in [1.807, 2.05) is 12.1 Å². The third kappa shape index (κ3) is 2.76. The maximum atomic E-state index is 5.86. The maximum absolute atomic E-state index is 5.86. The second-order valence-electron chi connectivity index (χ2n) is 5.20. The molecule has 3 rings (SSSR count). The Morgan fingerprint density at radius 3 is 2.90 bits per heavy atom. The van der Waals surface area contributed by atoms with Crippen LogP contribution < -0.4 is 5.73 Å². The smallest absolute Gasteiger partial charge is 0.230 e. The summed E-state index contributed by atoms with van der Waals surface area (Å²) < 4.78 is 6.38. The molecule has 1 aliphatic rings. The van der Waals surface area contributed by atoms with Gasteiger partial charge in [-0.15, -0.1) is 0 Å². The summed E-state index contributed by atoms with van der Waals surface area (Å²) in [6.07, 6.45) is 6.41. The molecular weight excluding hydrogens is 320 g/mol. The van der Waals surface area contributed by atoms with Crippen LogP contribution in [-0.4, -0.2) is 21.7 Å². The molecule has 1 aliphatic carbocycles. The average Bonchev–Trinajstić information content (AvgIpc) is 2.97. The summed E-state index contributed by atoms with van der Waals surface area (Å²) in [6.45, 7) is 0.679. The van der Waals surface area contributed by atoms with Crippen molar-refractivity contribution in [3.8, 4) is 11.5 Å². The number of nitrogens with zero attached hydrogens (tertiary/aromatic N) is 3. The number of rotatable bonds is 3. The van der Waals surface area contributed by atoms with Crippen molar-refractivity contribution in [2.75, 3.05) is 6.54 Å². The Hall–Kier alpha value is -1.27. The molecule has 106 valence electrons. The second kappa shape index (κ2) is 6.01. The topological polar surface area (TPSA) is 77.8 Å². The number of nitrogens with two attached hydrogens (primary N) is 1. The molecule has 5 nitrogen and oxygen atoms in total. The summed E-state index contributed by atoms with van der Waals surface area (Å²) in [6, 6.07) is 3.79. The van der Waals surface area contributed by atoms with Crippen molar-refractivity contribution in [1.82, 2.24) is 15.1 Å². The van der Waals surface area contributed by atoms with Crippen LogP contribution in [0.1, 0.15) is 37.5 Å². The van der Waals surface area contributed by atoms with E-state index in [1.54, 1.807) is 6.20 Å². The first-order chi connectivity index (χ1) is 9.78. The highest BCUT2D eigenvalue weighted by molar-refractivity contribution is 9.10. The Kier molecular flexibility index (Phi) is 4.12. The molecule has 0 spiro atoms. The lowest BCUT2D eigenvalue weighted by Gasteiger charge is -2.27. The molecule has 2 heterocycles. The molecule has 2 N–H and O–H groups in total. The molecule has 6 heteroatoms. The van der Waals surface area contributed by atoms with Crippen LogP contribution in [0.4, 0.5) is 0 Å². The highest BCUT2D eigenvalue weighted by Gasteiger charge is 2.30. The predicted octanol–water partition coefficient (Wildman–Crippen LogP) is 3.13. The highest BCUT2D eigenvalue weighted by atomic mass is 79.9. The standard InChI is InChI=1S/C14H17BrN4O/c15-10-5-6-12(17-8-10)13-18-14(20-19-13)11-4-2-1-3-9(11)7-16/h5-6,8-9,11H,1-4,7,16H2. The van der Waals surface area contributed by atoms with E-state index in [2.05, 4.69) is 31.1 Å². The minimum absolute atomic E-state index is 0.297. The van der Waals surface area contributed by atoms with E-state index in [4.69, 9.17) is 10.3 Å². The van der Waals surface area contributed by atoms with Crippen molar-refractivity contribution >= 4 is 15.9 Å². The van der Waals surface area contributed by atoms with Gasteiger partial charge in [0.25, 0.3) is 0 Å². The second-order valence-corrected chi connectivity index (χ2v) is 6.12. The van der Waals surface area contributed by atoms with Gasteiger partial charge in [-0.1, -0.05) is 18.0 Å². The van der Waals surface area contributed by atoms with E-state index < -0.39 is 0 Å². The summed E-state index contributed by atoms with van der Waals surface area (Å²) in [4.78, 5) is 8.81. The van der Waals surface area contributed by atoms with Gasteiger partial charge in [-0.25, -0.2) is 0 Å². The molecule has 0 aromatic carbocycles. The van der Waals surface area contributed by atoms with Gasteiger partial charge in [-0.3, -0.25) is 4.98 Å². The summed E-state index contributed by atoms with van der Waals surface area (Å²) in [5, 5.41) is 4.06. The van der Waals surface area contributed by atoms with Gasteiger partial charge >= 0.3 is 0 Å². The first-order valence-electron chi connectivity index (χ1n) is 6.93. The van der Waals surface area contributed by atoms with Gasteiger partial charge in [-0.05, 0) is 53.4 Å². The van der Waals surface area contributed by atoms with E-state index in [0.717, 1.165) is 23.0 Å². The van der Waals surface area contributed by atoms with Crippen LogP contribution in [-0.2, 0) is 0 Å². The van der Waals surface area contributed by atoms with E-state index in [-0.39, 0.29) is 0 Å². The molecule has 2 atom stereocenters. The van der Waals surface area contributed by atoms with Crippen LogP contribution in [0, 0.1) is 5.92 Å². The lowest BCUT2D eigenvalue weighted by atomic mass is 9.79. The van der Waals surface area contributed by atoms with Crippen molar-refractivity contribution in [2.24, 2.45) is 11.7 Å². The first-order valence-corrected chi connectivity index (χ1v) is 7.73. The molecule has 1 fully saturated rings. The van der Waals surface area contributed by atoms with Gasteiger partial charge in [-0.2, -0.15) is 4.98 Å². The third-order valence-electron chi connectivity index (χ3n) is 3.93. The van der Waals surface area contributed by atoms with Crippen molar-refractivity contribution in [3.63, 3.8) is 0 Å². The fourth-order valence-electron chi connectivity index (χ4n) is 2.81. The quantitative estimate of drug-likeness (QED) is 0.931. The van der Waals surface area contributed by atoms with E-state index in [1.165, 1.54) is 12.8 Å². The number of hydrogen-bond donors (Lipinski definition) is 1. The SMILES string of the molecule is NCC1CCCCC1c1nc(-c2ccc(Br)cn2)no1. The zero-order valence-electron chi connectivity index (χ0n) is 11.1. The minimum Gasteiger partial charge on any atom is -0.339 e. The van der Waals surface area contributed by atoms with Gasteiger partial charge in [0.05, 0.1) is 0 Å². The van der Waals surface area contributed by atoms with Crippen molar-refractivity contribution in [1.29, 1.82) is 0 Å². The molecule has 0 bridgehead atoms. The van der Waals surface area contributed by atoms with E-state index >= 15 is 0 Å². The van der Waals surface area contributed by atoms with Crippen LogP contribution in [0.3, 0.4) is 0 Å². The normalized spacial score (nSPS) is 22.9. The molecule has 0 amide bonds. The molecular formula is C14H17BrN4O. The molecule has 0 radical (unpaired) electrons. The van der Waals surface area contributed by atoms with Crippen LogP contribution in [0.25, 0.3) is 11.5 Å². The number of halogens is 1. The lowest BCUT2D eigenvalue weighted by Crippen LogP contribution is -2.25. The third-order valence-corrected chi connectivity index (χ3v) is 4.40. The molecule has 2 aromatic heterocycles. The van der Waals surface area contributed by atoms with Crippen molar-refractivity contribution in [3.05, 3.63) is 28.7 Å². The van der Waals surface area contributed by atoms with Gasteiger partial charge in [0.15, 0.2) is 0 Å². The van der Waals surface area contributed by atoms with Gasteiger partial charge in [0, 0.05) is 16.6 Å². The van der Waals surface area contributed by atoms with Crippen molar-refractivity contribution < 1.29 is 4.52 Å². The summed E-state index contributed by atoms with van der Waals surface area (Å²) in [5.74, 6) is 2.01. The fourth-order valence-corrected chi connectivity index (χ4v) is 3.05. The lowest BCUT2D eigenvalue weighted by molar-refractivity contribution is 0.249. The first kappa shape index (κ1) is 13.7. The Morgan fingerprint density at radius 2 is 2.15 bits per heavy atom. The Bertz CT molecular complexity index is 569. The monoisotopic (exact) mass is 336 g/mol. The zero-order valence-corrected chi connectivity index (χ0v) is 12.7. The fraction of sp³-hybridized carbons (Fsp3) is 0.500. The average molecular weight is 337 g/mol. The van der Waals surface area contributed by atoms with E-state index in [9.17, 15) is 0 Å². The summed E-state index contributed by atoms with van der Waals surface area (Å²) >= 11 is 3.36. The van der Waals surface area contributed by atoms with Crippen LogP contribution in [0.5, 0.6) is 0 Å². The van der Waals surface area contributed by atoms with Crippen molar-refractivity contribution in [2.45, 2.75) is 31.6 Å². The molecule has 1 saturated carbocycles. The number of aromatic nitrogens is 3. The van der Waals surface area contributed by atoms with Gasteiger partial charge in [0.1, 0.15) is 5.69 Å². The largest absolute Gasteiger partial charge is 0.339 e. The molecule has 2 unspecified atom stereocenters. The summed E-state index contributed by atoms with van der Waals surface area (Å²) in [7, 11) is 0. The highest BCUT2D eigenvalue weighted by Crippen LogP contribution is 2.36. The Morgan fingerprint density at radius 1 is 1.30 bits per heavy atom. The molecule has 2 aromatic rings. The Balaban J connectivity index is 1.84. The van der Waals surface area contributed by atoms with E-state index in [0.29, 0.717) is 30.1 Å². The molecule has 0 saturated heterocycles.